The van der Waals surface area contributed by atoms with Crippen LogP contribution >= 0.6 is 23.2 Å². The van der Waals surface area contributed by atoms with Gasteiger partial charge in [0.25, 0.3) is 11.8 Å². The number of halogens is 2. The molecule has 3 amide bonds. The van der Waals surface area contributed by atoms with Crippen LogP contribution in [-0.2, 0) is 4.79 Å². The van der Waals surface area contributed by atoms with Crippen LogP contribution in [0.2, 0.25) is 10.0 Å². The molecule has 0 saturated carbocycles. The SMILES string of the molecule is CCCCCNC(=O)C(C)N1C(=O)c2cc(Cl)c(Cl)cc2C1=O. The van der Waals surface area contributed by atoms with E-state index in [1.54, 1.807) is 0 Å². The van der Waals surface area contributed by atoms with Crippen molar-refractivity contribution in [1.82, 2.24) is 10.2 Å². The van der Waals surface area contributed by atoms with Crippen LogP contribution in [0, 0.1) is 0 Å². The molecule has 0 aliphatic carbocycles. The highest BCUT2D eigenvalue weighted by Crippen LogP contribution is 2.32. The van der Waals surface area contributed by atoms with E-state index in [-0.39, 0.29) is 27.1 Å². The zero-order valence-electron chi connectivity index (χ0n) is 13.0. The van der Waals surface area contributed by atoms with Crippen molar-refractivity contribution in [2.45, 2.75) is 39.2 Å². The Morgan fingerprint density at radius 2 is 1.65 bits per heavy atom. The molecular weight excluding hydrogens is 339 g/mol. The van der Waals surface area contributed by atoms with Crippen molar-refractivity contribution in [3.8, 4) is 0 Å². The molecule has 0 bridgehead atoms. The first kappa shape index (κ1) is 17.8. The van der Waals surface area contributed by atoms with Crippen LogP contribution in [0.25, 0.3) is 0 Å². The number of carbonyl (C=O) groups is 3. The number of amides is 3. The number of rotatable bonds is 6. The Kier molecular flexibility index (Phi) is 5.65. The number of imide groups is 1. The molecule has 0 spiro atoms. The van der Waals surface area contributed by atoms with Crippen LogP contribution in [0.3, 0.4) is 0 Å². The van der Waals surface area contributed by atoms with Gasteiger partial charge in [-0.05, 0) is 25.5 Å². The van der Waals surface area contributed by atoms with Gasteiger partial charge in [0.2, 0.25) is 5.91 Å². The third-order valence-corrected chi connectivity index (χ3v) is 4.53. The average Bonchev–Trinajstić information content (AvgIpc) is 2.75. The molecule has 0 fully saturated rings. The summed E-state index contributed by atoms with van der Waals surface area (Å²) in [4.78, 5) is 37.9. The fraction of sp³-hybridized carbons (Fsp3) is 0.438. The van der Waals surface area contributed by atoms with Crippen LogP contribution in [0.1, 0.15) is 53.8 Å². The number of hydrogen-bond acceptors (Lipinski definition) is 3. The number of nitrogens with one attached hydrogen (secondary N) is 1. The van der Waals surface area contributed by atoms with Crippen molar-refractivity contribution >= 4 is 40.9 Å². The summed E-state index contributed by atoms with van der Waals surface area (Å²) in [6.07, 6.45) is 2.92. The van der Waals surface area contributed by atoms with Gasteiger partial charge in [0.15, 0.2) is 0 Å². The summed E-state index contributed by atoms with van der Waals surface area (Å²) in [5.41, 5.74) is 0.352. The predicted molar refractivity (Wildman–Crippen MR) is 89.0 cm³/mol. The van der Waals surface area contributed by atoms with Crippen LogP contribution in [0.5, 0.6) is 0 Å². The van der Waals surface area contributed by atoms with E-state index in [0.717, 1.165) is 24.2 Å². The van der Waals surface area contributed by atoms with Gasteiger partial charge < -0.3 is 5.32 Å². The number of unbranched alkanes of at least 4 members (excludes halogenated alkanes) is 2. The topological polar surface area (TPSA) is 66.5 Å². The van der Waals surface area contributed by atoms with Crippen LogP contribution in [0.4, 0.5) is 0 Å². The molecule has 5 nitrogen and oxygen atoms in total. The minimum atomic E-state index is -0.887. The van der Waals surface area contributed by atoms with E-state index in [4.69, 9.17) is 23.2 Å². The smallest absolute Gasteiger partial charge is 0.262 e. The Morgan fingerprint density at radius 3 is 2.13 bits per heavy atom. The second-order valence-corrected chi connectivity index (χ2v) is 6.28. The monoisotopic (exact) mass is 356 g/mol. The van der Waals surface area contributed by atoms with Gasteiger partial charge in [-0.25, -0.2) is 0 Å². The lowest BCUT2D eigenvalue weighted by Gasteiger charge is -2.21. The number of fused-ring (bicyclic) bond motifs is 1. The van der Waals surface area contributed by atoms with Gasteiger partial charge in [-0.15, -0.1) is 0 Å². The zero-order valence-corrected chi connectivity index (χ0v) is 14.5. The summed E-state index contributed by atoms with van der Waals surface area (Å²) in [5, 5.41) is 3.15. The van der Waals surface area contributed by atoms with Crippen LogP contribution < -0.4 is 5.32 Å². The van der Waals surface area contributed by atoms with Gasteiger partial charge in [0.05, 0.1) is 21.2 Å². The molecule has 23 heavy (non-hydrogen) atoms. The predicted octanol–water partition coefficient (Wildman–Crippen LogP) is 3.28. The van der Waals surface area contributed by atoms with Crippen molar-refractivity contribution in [3.63, 3.8) is 0 Å². The molecule has 1 heterocycles. The molecule has 1 aromatic rings. The molecule has 1 unspecified atom stereocenters. The summed E-state index contributed by atoms with van der Waals surface area (Å²) < 4.78 is 0. The van der Waals surface area contributed by atoms with E-state index in [1.165, 1.54) is 19.1 Å². The second-order valence-electron chi connectivity index (χ2n) is 5.47. The molecule has 124 valence electrons. The first-order valence-electron chi connectivity index (χ1n) is 7.53. The van der Waals surface area contributed by atoms with Crippen molar-refractivity contribution in [3.05, 3.63) is 33.3 Å². The van der Waals surface area contributed by atoms with E-state index in [2.05, 4.69) is 12.2 Å². The third kappa shape index (κ3) is 3.51. The molecule has 1 atom stereocenters. The van der Waals surface area contributed by atoms with Gasteiger partial charge in [-0.1, -0.05) is 43.0 Å². The van der Waals surface area contributed by atoms with Crippen LogP contribution in [0.15, 0.2) is 12.1 Å². The maximum Gasteiger partial charge on any atom is 0.262 e. The Hall–Kier alpha value is -1.59. The lowest BCUT2D eigenvalue weighted by atomic mass is 10.1. The molecule has 0 saturated heterocycles. The summed E-state index contributed by atoms with van der Waals surface area (Å²) in [7, 11) is 0. The molecule has 2 rings (SSSR count). The van der Waals surface area contributed by atoms with Crippen molar-refractivity contribution in [1.29, 1.82) is 0 Å². The van der Waals surface area contributed by atoms with Gasteiger partial charge in [0.1, 0.15) is 6.04 Å². The molecule has 1 aliphatic heterocycles. The highest BCUT2D eigenvalue weighted by Gasteiger charge is 2.41. The molecule has 1 N–H and O–H groups in total. The van der Waals surface area contributed by atoms with E-state index >= 15 is 0 Å². The summed E-state index contributed by atoms with van der Waals surface area (Å²) >= 11 is 11.8. The highest BCUT2D eigenvalue weighted by atomic mass is 35.5. The Balaban J connectivity index is 2.13. The fourth-order valence-electron chi connectivity index (χ4n) is 2.46. The zero-order chi connectivity index (χ0) is 17.1. The minimum absolute atomic E-state index is 0.176. The second kappa shape index (κ2) is 7.32. The van der Waals surface area contributed by atoms with Gasteiger partial charge in [-0.2, -0.15) is 0 Å². The largest absolute Gasteiger partial charge is 0.354 e. The van der Waals surface area contributed by atoms with E-state index in [0.29, 0.717) is 6.54 Å². The number of nitrogens with zero attached hydrogens (tertiary/aromatic N) is 1. The number of hydrogen-bond donors (Lipinski definition) is 1. The highest BCUT2D eigenvalue weighted by molar-refractivity contribution is 6.43. The summed E-state index contributed by atoms with van der Waals surface area (Å²) in [5.74, 6) is -1.41. The van der Waals surface area contributed by atoms with Gasteiger partial charge >= 0.3 is 0 Å². The molecule has 1 aromatic carbocycles. The van der Waals surface area contributed by atoms with Crippen molar-refractivity contribution in [2.75, 3.05) is 6.54 Å². The molecule has 0 radical (unpaired) electrons. The van der Waals surface area contributed by atoms with Gasteiger partial charge in [0, 0.05) is 6.54 Å². The molecule has 1 aliphatic rings. The standard InChI is InChI=1S/C16H18Cl2N2O3/c1-3-4-5-6-19-14(21)9(2)20-15(22)10-7-12(17)13(18)8-11(10)16(20)23/h7-9H,3-6H2,1-2H3,(H,19,21). The first-order chi connectivity index (χ1) is 10.9. The Bertz CT molecular complexity index is 620. The quantitative estimate of drug-likeness (QED) is 0.628. The van der Waals surface area contributed by atoms with Crippen LogP contribution in [-0.4, -0.2) is 35.2 Å². The molecule has 7 heteroatoms. The van der Waals surface area contributed by atoms with E-state index in [9.17, 15) is 14.4 Å². The Labute approximate surface area is 144 Å². The Morgan fingerprint density at radius 1 is 1.13 bits per heavy atom. The third-order valence-electron chi connectivity index (χ3n) is 3.81. The van der Waals surface area contributed by atoms with Crippen molar-refractivity contribution < 1.29 is 14.4 Å². The lowest BCUT2D eigenvalue weighted by molar-refractivity contribution is -0.124. The van der Waals surface area contributed by atoms with E-state index < -0.39 is 17.9 Å². The van der Waals surface area contributed by atoms with E-state index in [1.807, 2.05) is 0 Å². The summed E-state index contributed by atoms with van der Waals surface area (Å²) in [6.45, 7) is 4.12. The summed E-state index contributed by atoms with van der Waals surface area (Å²) in [6, 6.07) is 1.85. The maximum absolute atomic E-state index is 12.4. The lowest BCUT2D eigenvalue weighted by Crippen LogP contribution is -2.48. The average molecular weight is 357 g/mol. The number of carbonyl (C=O) groups excluding carboxylic acids is 3. The maximum atomic E-state index is 12.4. The molecular formula is C16H18Cl2N2O3. The fourth-order valence-corrected chi connectivity index (χ4v) is 2.78. The normalized spacial score (nSPS) is 14.9. The van der Waals surface area contributed by atoms with Crippen molar-refractivity contribution in [2.24, 2.45) is 0 Å². The molecule has 0 aromatic heterocycles. The minimum Gasteiger partial charge on any atom is -0.354 e. The first-order valence-corrected chi connectivity index (χ1v) is 8.28. The number of benzene rings is 1. The van der Waals surface area contributed by atoms with Gasteiger partial charge in [-0.3, -0.25) is 19.3 Å².